The molecule has 0 N–H and O–H groups in total. The molecule has 0 heterocycles. The first-order valence-corrected chi connectivity index (χ1v) is 9.47. The van der Waals surface area contributed by atoms with Crippen LogP contribution >= 0.6 is 0 Å². The van der Waals surface area contributed by atoms with Crippen molar-refractivity contribution in [3.63, 3.8) is 0 Å². The Balaban J connectivity index is 1.88. The number of ether oxygens (including phenoxy) is 1. The van der Waals surface area contributed by atoms with Crippen molar-refractivity contribution in [1.29, 1.82) is 5.26 Å². The summed E-state index contributed by atoms with van der Waals surface area (Å²) in [5.41, 5.74) is 5.87. The second-order valence-corrected chi connectivity index (χ2v) is 7.49. The zero-order valence-electron chi connectivity index (χ0n) is 16.5. The van der Waals surface area contributed by atoms with Crippen LogP contribution in [-0.4, -0.2) is 12.6 Å². The van der Waals surface area contributed by atoms with Gasteiger partial charge in [0.1, 0.15) is 0 Å². The number of fused-ring (bicyclic) bond motifs is 1. The number of hydrogen-bond donors (Lipinski definition) is 0. The number of nitriles is 1. The summed E-state index contributed by atoms with van der Waals surface area (Å²) in [6.45, 7) is 6.62. The molecule has 3 nitrogen and oxygen atoms in total. The fraction of sp³-hybridized carbons (Fsp3) is 0.280. The second-order valence-electron chi connectivity index (χ2n) is 7.49. The summed E-state index contributed by atoms with van der Waals surface area (Å²) in [6, 6.07) is 15.5. The van der Waals surface area contributed by atoms with Crippen molar-refractivity contribution < 1.29 is 9.53 Å². The van der Waals surface area contributed by atoms with Crippen LogP contribution in [0.1, 0.15) is 66.2 Å². The first-order chi connectivity index (χ1) is 13.4. The summed E-state index contributed by atoms with van der Waals surface area (Å²) in [5, 5.41) is 9.05. The van der Waals surface area contributed by atoms with Gasteiger partial charge in [-0.2, -0.15) is 5.26 Å². The summed E-state index contributed by atoms with van der Waals surface area (Å²) >= 11 is 0. The maximum absolute atomic E-state index is 11.7. The molecule has 0 aromatic heterocycles. The molecule has 1 aliphatic carbocycles. The van der Waals surface area contributed by atoms with Gasteiger partial charge >= 0.3 is 5.97 Å². The van der Waals surface area contributed by atoms with Gasteiger partial charge in [-0.15, -0.1) is 0 Å². The van der Waals surface area contributed by atoms with Gasteiger partial charge in [0.25, 0.3) is 0 Å². The first-order valence-electron chi connectivity index (χ1n) is 9.47. The molecule has 3 rings (SSSR count). The van der Waals surface area contributed by atoms with E-state index in [4.69, 9.17) is 10.00 Å². The number of esters is 1. The highest BCUT2D eigenvalue weighted by Gasteiger charge is 2.29. The van der Waals surface area contributed by atoms with E-state index in [2.05, 4.69) is 43.9 Å². The van der Waals surface area contributed by atoms with Crippen molar-refractivity contribution in [2.45, 2.75) is 39.0 Å². The van der Waals surface area contributed by atoms with Gasteiger partial charge in [-0.05, 0) is 78.3 Å². The molecule has 0 unspecified atom stereocenters. The second kappa shape index (κ2) is 8.15. The van der Waals surface area contributed by atoms with Gasteiger partial charge in [0.05, 0.1) is 18.2 Å². The van der Waals surface area contributed by atoms with E-state index in [0.717, 1.165) is 35.1 Å². The van der Waals surface area contributed by atoms with Crippen molar-refractivity contribution >= 4 is 11.5 Å². The van der Waals surface area contributed by atoms with Crippen LogP contribution in [-0.2, 0) is 10.2 Å². The molecule has 0 amide bonds. The Morgan fingerprint density at radius 3 is 2.50 bits per heavy atom. The summed E-state index contributed by atoms with van der Waals surface area (Å²) < 4.78 is 5.00. The number of benzene rings is 2. The fourth-order valence-electron chi connectivity index (χ4n) is 3.45. The SMILES string of the molecule is CCOC(=O)c1ccc(C#Cc2ccc3c(c2)C(C)(C)CC/C3=C/C#N)cc1. The molecule has 0 saturated heterocycles. The van der Waals surface area contributed by atoms with Crippen LogP contribution in [0.25, 0.3) is 5.57 Å². The standard InChI is InChI=1S/C25H23NO2/c1-4-28-24(27)21-10-7-18(8-11-21)5-6-19-9-12-22-20(14-16-26)13-15-25(2,3)23(22)17-19/h7-12,14,17H,4,13,15H2,1-3H3/b20-14-. The van der Waals surface area contributed by atoms with Crippen LogP contribution in [0.5, 0.6) is 0 Å². The van der Waals surface area contributed by atoms with Gasteiger partial charge in [0.15, 0.2) is 0 Å². The smallest absolute Gasteiger partial charge is 0.338 e. The number of allylic oxidation sites excluding steroid dienone is 2. The van der Waals surface area contributed by atoms with Crippen LogP contribution < -0.4 is 0 Å². The van der Waals surface area contributed by atoms with E-state index < -0.39 is 0 Å². The van der Waals surface area contributed by atoms with Crippen LogP contribution in [0.3, 0.4) is 0 Å². The Morgan fingerprint density at radius 1 is 1.14 bits per heavy atom. The maximum atomic E-state index is 11.7. The van der Waals surface area contributed by atoms with Gasteiger partial charge in [0, 0.05) is 17.2 Å². The molecule has 3 heteroatoms. The molecule has 0 aliphatic heterocycles. The lowest BCUT2D eigenvalue weighted by atomic mass is 9.70. The average Bonchev–Trinajstić information content (AvgIpc) is 2.69. The van der Waals surface area contributed by atoms with Gasteiger partial charge in [-0.25, -0.2) is 4.79 Å². The van der Waals surface area contributed by atoms with Crippen molar-refractivity contribution in [2.24, 2.45) is 0 Å². The highest BCUT2D eigenvalue weighted by Crippen LogP contribution is 2.42. The van der Waals surface area contributed by atoms with Crippen molar-refractivity contribution in [3.05, 3.63) is 76.4 Å². The Hall–Kier alpha value is -3.30. The highest BCUT2D eigenvalue weighted by atomic mass is 16.5. The average molecular weight is 369 g/mol. The predicted octanol–water partition coefficient (Wildman–Crippen LogP) is 5.24. The zero-order valence-corrected chi connectivity index (χ0v) is 16.5. The molecular weight excluding hydrogens is 346 g/mol. The summed E-state index contributed by atoms with van der Waals surface area (Å²) in [5.74, 6) is 6.06. The molecule has 0 atom stereocenters. The normalized spacial score (nSPS) is 15.7. The van der Waals surface area contributed by atoms with Crippen LogP contribution in [0.4, 0.5) is 0 Å². The number of carbonyl (C=O) groups is 1. The number of hydrogen-bond acceptors (Lipinski definition) is 3. The Morgan fingerprint density at radius 2 is 1.82 bits per heavy atom. The van der Waals surface area contributed by atoms with Crippen LogP contribution in [0, 0.1) is 23.2 Å². The molecule has 0 fully saturated rings. The lowest BCUT2D eigenvalue weighted by molar-refractivity contribution is 0.0526. The molecule has 0 spiro atoms. The Labute approximate surface area is 166 Å². The third-order valence-corrected chi connectivity index (χ3v) is 5.10. The lowest BCUT2D eigenvalue weighted by Gasteiger charge is -2.34. The van der Waals surface area contributed by atoms with Crippen LogP contribution in [0.2, 0.25) is 0 Å². The van der Waals surface area contributed by atoms with Crippen molar-refractivity contribution in [1.82, 2.24) is 0 Å². The van der Waals surface area contributed by atoms with Crippen molar-refractivity contribution in [2.75, 3.05) is 6.61 Å². The van der Waals surface area contributed by atoms with Crippen molar-refractivity contribution in [3.8, 4) is 17.9 Å². The van der Waals surface area contributed by atoms with Gasteiger partial charge in [-0.3, -0.25) is 0 Å². The quantitative estimate of drug-likeness (QED) is 0.413. The third-order valence-electron chi connectivity index (χ3n) is 5.10. The Bertz CT molecular complexity index is 1020. The summed E-state index contributed by atoms with van der Waals surface area (Å²) in [4.78, 5) is 11.7. The first kappa shape index (κ1) is 19.5. The van der Waals surface area contributed by atoms with E-state index in [9.17, 15) is 4.79 Å². The number of nitrogens with zero attached hydrogens (tertiary/aromatic N) is 1. The van der Waals surface area contributed by atoms with Gasteiger partial charge in [0.2, 0.25) is 0 Å². The minimum Gasteiger partial charge on any atom is -0.462 e. The minimum absolute atomic E-state index is 0.0567. The van der Waals surface area contributed by atoms with Gasteiger partial charge in [-0.1, -0.05) is 31.8 Å². The zero-order chi connectivity index (χ0) is 20.1. The van der Waals surface area contributed by atoms with E-state index in [1.54, 1.807) is 25.1 Å². The predicted molar refractivity (Wildman–Crippen MR) is 111 cm³/mol. The van der Waals surface area contributed by atoms with Crippen LogP contribution in [0.15, 0.2) is 48.5 Å². The molecule has 0 radical (unpaired) electrons. The molecule has 0 saturated carbocycles. The molecular formula is C25H23NO2. The molecule has 140 valence electrons. The van der Waals surface area contributed by atoms with E-state index in [-0.39, 0.29) is 11.4 Å². The molecule has 2 aromatic rings. The topological polar surface area (TPSA) is 50.1 Å². The molecule has 28 heavy (non-hydrogen) atoms. The van der Waals surface area contributed by atoms with E-state index in [1.807, 2.05) is 18.2 Å². The fourth-order valence-corrected chi connectivity index (χ4v) is 3.45. The minimum atomic E-state index is -0.319. The monoisotopic (exact) mass is 369 g/mol. The number of carbonyl (C=O) groups excluding carboxylic acids is 1. The van der Waals surface area contributed by atoms with Gasteiger partial charge < -0.3 is 4.74 Å². The summed E-state index contributed by atoms with van der Waals surface area (Å²) in [7, 11) is 0. The molecule has 0 bridgehead atoms. The summed E-state index contributed by atoms with van der Waals surface area (Å²) in [6.07, 6.45) is 3.59. The number of rotatable bonds is 2. The highest BCUT2D eigenvalue weighted by molar-refractivity contribution is 5.89. The van der Waals surface area contributed by atoms with E-state index in [0.29, 0.717) is 12.2 Å². The van der Waals surface area contributed by atoms with E-state index in [1.165, 1.54) is 5.56 Å². The molecule has 2 aromatic carbocycles. The molecule has 1 aliphatic rings. The lowest BCUT2D eigenvalue weighted by Crippen LogP contribution is -2.23. The third kappa shape index (κ3) is 4.16. The van der Waals surface area contributed by atoms with E-state index >= 15 is 0 Å². The largest absolute Gasteiger partial charge is 0.462 e. The maximum Gasteiger partial charge on any atom is 0.338 e. The Kier molecular flexibility index (Phi) is 5.67.